The molecule has 0 aromatic heterocycles. The molecule has 2 amide bonds. The highest BCUT2D eigenvalue weighted by atomic mass is 16.4. The van der Waals surface area contributed by atoms with Crippen molar-refractivity contribution in [2.75, 3.05) is 33.2 Å². The van der Waals surface area contributed by atoms with Gasteiger partial charge in [0.25, 0.3) is 0 Å². The van der Waals surface area contributed by atoms with Gasteiger partial charge >= 0.3 is 12.0 Å². The molecule has 2 rings (SSSR count). The Morgan fingerprint density at radius 2 is 1.67 bits per heavy atom. The van der Waals surface area contributed by atoms with Gasteiger partial charge in [-0.15, -0.1) is 0 Å². The number of hydrogen-bond donors (Lipinski definition) is 1. The molecule has 0 saturated carbocycles. The van der Waals surface area contributed by atoms with Crippen LogP contribution in [0.2, 0.25) is 0 Å². The number of carboxylic acid groups (broad SMARTS) is 1. The summed E-state index contributed by atoms with van der Waals surface area (Å²) < 4.78 is 0. The first kappa shape index (κ1) is 16.1. The van der Waals surface area contributed by atoms with Crippen LogP contribution in [0.25, 0.3) is 0 Å². The second-order valence-electron chi connectivity index (χ2n) is 6.22. The molecule has 1 atom stereocenters. The molecular weight excluding hydrogens is 270 g/mol. The lowest BCUT2D eigenvalue weighted by Gasteiger charge is -2.41. The van der Waals surface area contributed by atoms with E-state index in [4.69, 9.17) is 5.11 Å². The minimum atomic E-state index is -0.964. The molecule has 120 valence electrons. The fourth-order valence-corrected chi connectivity index (χ4v) is 3.26. The zero-order valence-electron chi connectivity index (χ0n) is 13.1. The van der Waals surface area contributed by atoms with Gasteiger partial charge in [0.15, 0.2) is 0 Å². The number of carbonyl (C=O) groups is 2. The van der Waals surface area contributed by atoms with Crippen molar-refractivity contribution in [3.8, 4) is 0 Å². The predicted octanol–water partition coefficient (Wildman–Crippen LogP) is 1.46. The molecule has 2 aliphatic rings. The second kappa shape index (κ2) is 7.11. The van der Waals surface area contributed by atoms with Gasteiger partial charge < -0.3 is 19.8 Å². The van der Waals surface area contributed by atoms with Gasteiger partial charge in [-0.3, -0.25) is 0 Å². The topological polar surface area (TPSA) is 64.1 Å². The molecular formula is C15H27N3O3. The normalized spacial score (nSPS) is 22.9. The molecule has 6 heteroatoms. The van der Waals surface area contributed by atoms with E-state index in [-0.39, 0.29) is 6.03 Å². The maximum atomic E-state index is 12.3. The number of carboxylic acids is 1. The smallest absolute Gasteiger partial charge is 0.326 e. The highest BCUT2D eigenvalue weighted by molar-refractivity contribution is 5.82. The van der Waals surface area contributed by atoms with E-state index >= 15 is 0 Å². The lowest BCUT2D eigenvalue weighted by molar-refractivity contribution is -0.141. The summed E-state index contributed by atoms with van der Waals surface area (Å²) in [5.41, 5.74) is 0. The van der Waals surface area contributed by atoms with Gasteiger partial charge in [0.1, 0.15) is 6.04 Å². The summed E-state index contributed by atoms with van der Waals surface area (Å²) in [5.74, 6) is -0.964. The minimum Gasteiger partial charge on any atom is -0.480 e. The van der Waals surface area contributed by atoms with E-state index in [1.54, 1.807) is 18.9 Å². The Balaban J connectivity index is 1.82. The van der Waals surface area contributed by atoms with Gasteiger partial charge in [-0.2, -0.15) is 0 Å². The number of urea groups is 1. The van der Waals surface area contributed by atoms with Crippen LogP contribution in [0.1, 0.15) is 39.0 Å². The molecule has 21 heavy (non-hydrogen) atoms. The molecule has 2 heterocycles. The van der Waals surface area contributed by atoms with Crippen LogP contribution in [-0.2, 0) is 4.79 Å². The van der Waals surface area contributed by atoms with Gasteiger partial charge in [-0.05, 0) is 45.7 Å². The van der Waals surface area contributed by atoms with Gasteiger partial charge in [-0.1, -0.05) is 6.42 Å². The number of piperidine rings is 2. The predicted molar refractivity (Wildman–Crippen MR) is 80.3 cm³/mol. The van der Waals surface area contributed by atoms with Crippen molar-refractivity contribution in [1.82, 2.24) is 14.7 Å². The van der Waals surface area contributed by atoms with Gasteiger partial charge in [0.2, 0.25) is 0 Å². The molecule has 1 unspecified atom stereocenters. The number of carbonyl (C=O) groups excluding carboxylic acids is 1. The van der Waals surface area contributed by atoms with Gasteiger partial charge in [-0.25, -0.2) is 9.59 Å². The quantitative estimate of drug-likeness (QED) is 0.856. The lowest BCUT2D eigenvalue weighted by Crippen LogP contribution is -2.53. The average molecular weight is 297 g/mol. The third kappa shape index (κ3) is 3.87. The van der Waals surface area contributed by atoms with Crippen LogP contribution in [0.5, 0.6) is 0 Å². The molecule has 2 fully saturated rings. The Kier molecular flexibility index (Phi) is 5.45. The highest BCUT2D eigenvalue weighted by Crippen LogP contribution is 2.21. The SMILES string of the molecule is CC(C(=O)O)N(C)C(=O)N1CCC(N2CCCCC2)CC1. The molecule has 0 aliphatic carbocycles. The first-order valence-electron chi connectivity index (χ1n) is 7.99. The van der Waals surface area contributed by atoms with Crippen LogP contribution in [-0.4, -0.2) is 77.1 Å². The molecule has 0 radical (unpaired) electrons. The van der Waals surface area contributed by atoms with Gasteiger partial charge in [0.05, 0.1) is 0 Å². The van der Waals surface area contributed by atoms with Gasteiger partial charge in [0, 0.05) is 26.2 Å². The van der Waals surface area contributed by atoms with E-state index in [0.29, 0.717) is 6.04 Å². The zero-order chi connectivity index (χ0) is 15.4. The largest absolute Gasteiger partial charge is 0.480 e. The van der Waals surface area contributed by atoms with Crippen LogP contribution in [0, 0.1) is 0 Å². The highest BCUT2D eigenvalue weighted by Gasteiger charge is 2.31. The molecule has 0 aromatic rings. The van der Waals surface area contributed by atoms with E-state index in [0.717, 1.165) is 25.9 Å². The minimum absolute atomic E-state index is 0.165. The van der Waals surface area contributed by atoms with Crippen molar-refractivity contribution in [2.45, 2.75) is 51.1 Å². The van der Waals surface area contributed by atoms with Crippen molar-refractivity contribution >= 4 is 12.0 Å². The van der Waals surface area contributed by atoms with E-state index in [2.05, 4.69) is 4.90 Å². The van der Waals surface area contributed by atoms with E-state index < -0.39 is 12.0 Å². The number of likely N-dealkylation sites (tertiary alicyclic amines) is 2. The third-order valence-corrected chi connectivity index (χ3v) is 4.88. The monoisotopic (exact) mass is 297 g/mol. The Morgan fingerprint density at radius 3 is 2.19 bits per heavy atom. The molecule has 2 aliphatic heterocycles. The standard InChI is InChI=1S/C15H27N3O3/c1-12(14(19)20)16(2)15(21)18-10-6-13(7-11-18)17-8-4-3-5-9-17/h12-13H,3-11H2,1-2H3,(H,19,20). The maximum Gasteiger partial charge on any atom is 0.326 e. The summed E-state index contributed by atoms with van der Waals surface area (Å²) in [6.45, 7) is 5.39. The van der Waals surface area contributed by atoms with Crippen LogP contribution in [0.3, 0.4) is 0 Å². The molecule has 0 spiro atoms. The molecule has 0 aromatic carbocycles. The summed E-state index contributed by atoms with van der Waals surface area (Å²) in [4.78, 5) is 28.9. The van der Waals surface area contributed by atoms with Crippen molar-refractivity contribution in [2.24, 2.45) is 0 Å². The number of aliphatic carboxylic acids is 1. The van der Waals surface area contributed by atoms with Crippen molar-refractivity contribution in [1.29, 1.82) is 0 Å². The molecule has 1 N–H and O–H groups in total. The lowest BCUT2D eigenvalue weighted by atomic mass is 10.00. The Morgan fingerprint density at radius 1 is 1.10 bits per heavy atom. The number of likely N-dealkylation sites (N-methyl/N-ethyl adjacent to an activating group) is 1. The second-order valence-corrected chi connectivity index (χ2v) is 6.22. The van der Waals surface area contributed by atoms with E-state index in [1.165, 1.54) is 37.3 Å². The fraction of sp³-hybridized carbons (Fsp3) is 0.867. The van der Waals surface area contributed by atoms with E-state index in [9.17, 15) is 9.59 Å². The number of amides is 2. The van der Waals surface area contributed by atoms with Crippen molar-refractivity contribution in [3.05, 3.63) is 0 Å². The summed E-state index contributed by atoms with van der Waals surface area (Å²) in [6.07, 6.45) is 5.92. The van der Waals surface area contributed by atoms with Crippen molar-refractivity contribution in [3.63, 3.8) is 0 Å². The summed E-state index contributed by atoms with van der Waals surface area (Å²) in [7, 11) is 1.57. The third-order valence-electron chi connectivity index (χ3n) is 4.88. The molecule has 0 bridgehead atoms. The Labute approximate surface area is 126 Å². The Bertz CT molecular complexity index is 374. The van der Waals surface area contributed by atoms with Crippen LogP contribution < -0.4 is 0 Å². The van der Waals surface area contributed by atoms with Crippen molar-refractivity contribution < 1.29 is 14.7 Å². The first-order chi connectivity index (χ1) is 10.0. The maximum absolute atomic E-state index is 12.3. The number of nitrogens with zero attached hydrogens (tertiary/aromatic N) is 3. The van der Waals surface area contributed by atoms with Crippen LogP contribution in [0.15, 0.2) is 0 Å². The molecule has 2 saturated heterocycles. The fourth-order valence-electron chi connectivity index (χ4n) is 3.26. The summed E-state index contributed by atoms with van der Waals surface area (Å²) in [5, 5.41) is 8.99. The number of hydrogen-bond acceptors (Lipinski definition) is 3. The average Bonchev–Trinajstić information content (AvgIpc) is 2.53. The first-order valence-corrected chi connectivity index (χ1v) is 7.99. The van der Waals surface area contributed by atoms with Crippen LogP contribution >= 0.6 is 0 Å². The molecule has 6 nitrogen and oxygen atoms in total. The van der Waals surface area contributed by atoms with E-state index in [1.807, 2.05) is 0 Å². The number of rotatable bonds is 3. The Hall–Kier alpha value is -1.30. The summed E-state index contributed by atoms with van der Waals surface area (Å²) >= 11 is 0. The zero-order valence-corrected chi connectivity index (χ0v) is 13.1. The van der Waals surface area contributed by atoms with Crippen LogP contribution in [0.4, 0.5) is 4.79 Å². The summed E-state index contributed by atoms with van der Waals surface area (Å²) in [6, 6.07) is -0.351.